The van der Waals surface area contributed by atoms with Crippen molar-refractivity contribution >= 4 is 189 Å². The lowest BCUT2D eigenvalue weighted by Crippen LogP contribution is -2.61. The van der Waals surface area contributed by atoms with Crippen LogP contribution in [0.2, 0.25) is 0 Å². The van der Waals surface area contributed by atoms with Crippen LogP contribution in [0.25, 0.3) is 210 Å². The van der Waals surface area contributed by atoms with Crippen LogP contribution in [0.1, 0.15) is 35.9 Å². The molecule has 0 saturated carbocycles. The smallest absolute Gasteiger partial charge is 0.252 e. The van der Waals surface area contributed by atoms with Crippen LogP contribution in [0.4, 0.5) is 34.1 Å². The zero-order valence-electron chi connectivity index (χ0n) is 76.1. The van der Waals surface area contributed by atoms with Gasteiger partial charge in [-0.25, -0.2) is 0 Å². The highest BCUT2D eigenvalue weighted by molar-refractivity contribution is 7.00. The average molecular weight is 1630 g/mol. The molecule has 9 heteroatoms. The van der Waals surface area contributed by atoms with Gasteiger partial charge in [0.2, 0.25) is 0 Å². The Labute approximate surface area is 740 Å². The maximum absolute atomic E-state index is 10.7. The van der Waals surface area contributed by atoms with Crippen molar-refractivity contribution in [2.24, 2.45) is 0 Å². The molecule has 127 heavy (non-hydrogen) atoms. The van der Waals surface area contributed by atoms with E-state index in [1.54, 1.807) is 4.57 Å². The number of hydrogen-bond donors (Lipinski definition) is 0. The Bertz CT molecular complexity index is 9380. The third-order valence-electron chi connectivity index (χ3n) is 26.7. The quantitative estimate of drug-likeness (QED) is 0.127. The average Bonchev–Trinajstić information content (AvgIpc) is 1.05. The fraction of sp³-hybridized carbons (Fsp3) is 0.0339. The molecule has 0 spiro atoms. The molecule has 25 aromatic rings. The molecule has 6 aromatic heterocycles. The number of nitrogens with zero attached hydrogens (tertiary/aromatic N) is 4. The van der Waals surface area contributed by atoms with Crippen LogP contribution in [0.15, 0.2) is 418 Å². The Hall–Kier alpha value is -16.4. The van der Waals surface area contributed by atoms with Crippen molar-refractivity contribution in [2.75, 3.05) is 9.80 Å². The molecule has 594 valence electrons. The van der Waals surface area contributed by atoms with E-state index in [4.69, 9.17) is 17.7 Å². The van der Waals surface area contributed by atoms with Crippen LogP contribution in [0.3, 0.4) is 0 Å². The molecule has 0 saturated heterocycles. The first-order chi connectivity index (χ1) is 65.6. The molecule has 27 rings (SSSR count). The minimum atomic E-state index is -0.630. The molecule has 0 unspecified atom stereocenters. The predicted molar refractivity (Wildman–Crippen MR) is 530 cm³/mol. The van der Waals surface area contributed by atoms with Gasteiger partial charge in [-0.1, -0.05) is 318 Å². The van der Waals surface area contributed by atoms with E-state index in [0.29, 0.717) is 44.9 Å². The van der Waals surface area contributed by atoms with Gasteiger partial charge in [0.1, 0.15) is 44.7 Å². The molecule has 8 nitrogen and oxygen atoms in total. The van der Waals surface area contributed by atoms with Crippen molar-refractivity contribution in [3.63, 3.8) is 0 Å². The van der Waals surface area contributed by atoms with Crippen LogP contribution in [-0.2, 0) is 5.41 Å². The Balaban J connectivity index is 0.833. The molecule has 19 aromatic carbocycles. The van der Waals surface area contributed by atoms with E-state index in [1.165, 1.54) is 10.8 Å². The van der Waals surface area contributed by atoms with Gasteiger partial charge >= 0.3 is 0 Å². The topological polar surface area (TPSA) is 68.9 Å². The Morgan fingerprint density at radius 3 is 1.23 bits per heavy atom. The minimum Gasteiger partial charge on any atom is -0.455 e. The molecular formula is C118H75BN4O4. The van der Waals surface area contributed by atoms with Gasteiger partial charge in [0.15, 0.2) is 0 Å². The van der Waals surface area contributed by atoms with Gasteiger partial charge in [-0.15, -0.1) is 0 Å². The highest BCUT2D eigenvalue weighted by Crippen LogP contribution is 2.59. The highest BCUT2D eigenvalue weighted by Gasteiger charge is 2.47. The second kappa shape index (κ2) is 27.1. The summed E-state index contributed by atoms with van der Waals surface area (Å²) in [5.41, 5.74) is 27.2. The normalized spacial score (nSPS) is 13.6. The van der Waals surface area contributed by atoms with Crippen molar-refractivity contribution in [3.05, 3.63) is 406 Å². The predicted octanol–water partition coefficient (Wildman–Crippen LogP) is 30.9. The van der Waals surface area contributed by atoms with Crippen molar-refractivity contribution in [2.45, 2.75) is 26.2 Å². The van der Waals surface area contributed by atoms with E-state index >= 15 is 0 Å². The zero-order valence-corrected chi connectivity index (χ0v) is 69.1. The largest absolute Gasteiger partial charge is 0.455 e. The Morgan fingerprint density at radius 1 is 0.268 bits per heavy atom. The van der Waals surface area contributed by atoms with Gasteiger partial charge in [0, 0.05) is 121 Å². The van der Waals surface area contributed by atoms with Crippen LogP contribution in [0, 0.1) is 0 Å². The lowest BCUT2D eigenvalue weighted by molar-refractivity contribution is 0.590. The van der Waals surface area contributed by atoms with Crippen LogP contribution >= 0.6 is 0 Å². The minimum absolute atomic E-state index is 0.0342. The van der Waals surface area contributed by atoms with E-state index in [1.807, 2.05) is 78.9 Å². The van der Waals surface area contributed by atoms with Crippen LogP contribution in [-0.4, -0.2) is 15.8 Å². The summed E-state index contributed by atoms with van der Waals surface area (Å²) in [7, 11) is 0. The summed E-state index contributed by atoms with van der Waals surface area (Å²) in [5.74, 6) is 0. The Kier molecular flexibility index (Phi) is 13.7. The Morgan fingerprint density at radius 2 is 0.685 bits per heavy atom. The van der Waals surface area contributed by atoms with E-state index < -0.39 is 24.2 Å². The lowest BCUT2D eigenvalue weighted by atomic mass is 9.33. The van der Waals surface area contributed by atoms with Crippen LogP contribution < -0.4 is 26.2 Å². The fourth-order valence-corrected chi connectivity index (χ4v) is 21.0. The molecule has 0 radical (unpaired) electrons. The van der Waals surface area contributed by atoms with E-state index in [2.05, 4.69) is 314 Å². The van der Waals surface area contributed by atoms with Crippen molar-refractivity contribution in [1.82, 2.24) is 9.13 Å². The summed E-state index contributed by atoms with van der Waals surface area (Å²) in [5, 5.41) is 9.73. The van der Waals surface area contributed by atoms with Crippen molar-refractivity contribution in [3.8, 4) is 78.1 Å². The first-order valence-electron chi connectivity index (χ1n) is 46.7. The molecule has 0 bridgehead atoms. The maximum Gasteiger partial charge on any atom is 0.252 e. The van der Waals surface area contributed by atoms with Gasteiger partial charge in [0.05, 0.1) is 53.8 Å². The van der Waals surface area contributed by atoms with Crippen LogP contribution in [0.5, 0.6) is 0 Å². The first kappa shape index (κ1) is 64.5. The lowest BCUT2D eigenvalue weighted by Gasteiger charge is -2.46. The maximum atomic E-state index is 10.7. The summed E-state index contributed by atoms with van der Waals surface area (Å²) in [4.78, 5) is 5.01. The summed E-state index contributed by atoms with van der Waals surface area (Å²) < 4.78 is 104. The van der Waals surface area contributed by atoms with Crippen molar-refractivity contribution < 1.29 is 27.3 Å². The first-order valence-corrected chi connectivity index (χ1v) is 43.2. The zero-order chi connectivity index (χ0) is 89.7. The molecule has 2 aliphatic heterocycles. The number of anilines is 6. The summed E-state index contributed by atoms with van der Waals surface area (Å²) in [6, 6.07) is 123. The second-order valence-corrected chi connectivity index (χ2v) is 34.7. The van der Waals surface area contributed by atoms with Crippen molar-refractivity contribution in [1.29, 1.82) is 0 Å². The molecule has 8 heterocycles. The van der Waals surface area contributed by atoms with E-state index in [-0.39, 0.29) is 57.6 Å². The molecule has 0 fully saturated rings. The summed E-state index contributed by atoms with van der Waals surface area (Å²) >= 11 is 0. The van der Waals surface area contributed by atoms with E-state index in [0.717, 1.165) is 183 Å². The molecular weight excluding hydrogens is 1550 g/mol. The summed E-state index contributed by atoms with van der Waals surface area (Å²) in [6.45, 7) is 6.21. The van der Waals surface area contributed by atoms with Gasteiger partial charge in [-0.3, -0.25) is 0 Å². The van der Waals surface area contributed by atoms with E-state index in [9.17, 15) is 9.60 Å². The number of benzene rings is 19. The molecule has 0 aliphatic carbocycles. The van der Waals surface area contributed by atoms with Gasteiger partial charge in [-0.05, 0) is 164 Å². The number of para-hydroxylation sites is 9. The number of furan rings is 4. The standard InChI is InChI=1S/C118H75BN4O4/c1-118(2,3)76-65-103-111-104(66-76)123(113-94(88-45-28-43-86-84-39-17-24-50-106(84)125-115(86)88)69-92(73-33-11-6-12-34-73)117-110(113)90-41-19-26-52-108(90)127-117)102-67-78(121-99-48-22-15-37-81(99)82-60-55-74(63-100(82)121)70-29-7-4-8-30-70)59-62-96(102)119(111)95-61-56-75(71-53-57-77(58-54-71)120-97-46-20-13-35-79(97)80-36-14-21-47-98(80)120)64-101(95)122(103)112-93(87-44-27-42-85-83-38-16-23-49-105(83)124-114(85)87)68-91(72-31-9-5-10-32-72)116-109(112)89-40-18-25-51-107(89)126-116/h4-69H,1-3H3/i15D,22D,37D,48D,55D,60D,63D. The molecule has 0 amide bonds. The second-order valence-electron chi connectivity index (χ2n) is 34.7. The van der Waals surface area contributed by atoms with Gasteiger partial charge < -0.3 is 36.6 Å². The SMILES string of the molecule is [2H]c1c([2H])c([2H])c2c(c1[2H])c1c([2H])c([2H])c(-c3ccccc3)c([2H])c1n2-c1ccc2c(c1)N(c1c(-c3cccc4c3oc3ccccc34)cc(-c3ccccc3)c3oc4ccccc4c13)c1cc(C(C)(C)C)cc3c1B2c1ccc(-c2ccc(-n4c5ccccc5c5ccccc54)cc2)cc1N3c1c(-c2cccc3c2oc2ccccc23)cc(-c2ccccc2)c2oc3ccccc3c12. The monoisotopic (exact) mass is 1630 g/mol. The third kappa shape index (κ3) is 10.5. The summed E-state index contributed by atoms with van der Waals surface area (Å²) in [6.07, 6.45) is 0. The molecule has 0 atom stereocenters. The third-order valence-corrected chi connectivity index (χ3v) is 26.7. The number of hydrogen-bond acceptors (Lipinski definition) is 6. The number of aromatic nitrogens is 2. The molecule has 0 N–H and O–H groups in total. The number of fused-ring (bicyclic) bond motifs is 22. The number of rotatable bonds is 10. The van der Waals surface area contributed by atoms with Gasteiger partial charge in [0.25, 0.3) is 6.71 Å². The fourth-order valence-electron chi connectivity index (χ4n) is 21.0. The van der Waals surface area contributed by atoms with Gasteiger partial charge in [-0.2, -0.15) is 0 Å². The highest BCUT2D eigenvalue weighted by atomic mass is 16.3. The molecule has 2 aliphatic rings.